The van der Waals surface area contributed by atoms with Gasteiger partial charge in [-0.15, -0.1) is 10.2 Å². The Morgan fingerprint density at radius 1 is 1.04 bits per heavy atom. The van der Waals surface area contributed by atoms with Gasteiger partial charge in [0.25, 0.3) is 11.9 Å². The van der Waals surface area contributed by atoms with Crippen LogP contribution in [0.5, 0.6) is 0 Å². The van der Waals surface area contributed by atoms with Crippen LogP contribution < -0.4 is 0 Å². The fourth-order valence-corrected chi connectivity index (χ4v) is 3.19. The first-order valence-corrected chi connectivity index (χ1v) is 8.42. The maximum atomic E-state index is 14.1. The van der Waals surface area contributed by atoms with Crippen LogP contribution >= 0.6 is 0 Å². The first-order chi connectivity index (χ1) is 13.5. The van der Waals surface area contributed by atoms with Crippen molar-refractivity contribution in [2.75, 3.05) is 0 Å². The van der Waals surface area contributed by atoms with Crippen LogP contribution in [0.1, 0.15) is 21.7 Å². The van der Waals surface area contributed by atoms with Crippen LogP contribution in [0, 0.1) is 18.8 Å². The van der Waals surface area contributed by atoms with E-state index in [-0.39, 0.29) is 23.1 Å². The molecule has 0 spiro atoms. The second-order valence-corrected chi connectivity index (χ2v) is 6.27. The zero-order valence-electron chi connectivity index (χ0n) is 14.7. The molecule has 0 fully saturated rings. The van der Waals surface area contributed by atoms with E-state index in [0.29, 0.717) is 11.4 Å². The molecule has 0 saturated carbocycles. The van der Waals surface area contributed by atoms with Crippen molar-refractivity contribution in [1.29, 1.82) is 0 Å². The van der Waals surface area contributed by atoms with Gasteiger partial charge in [-0.3, -0.25) is 0 Å². The molecule has 2 heterocycles. The zero-order chi connectivity index (χ0) is 19.8. The summed E-state index contributed by atoms with van der Waals surface area (Å²) in [5.74, 6) is -2.37. The van der Waals surface area contributed by atoms with E-state index >= 15 is 0 Å². The number of hydrogen-bond acceptors (Lipinski definition) is 4. The molecule has 0 atom stereocenters. The van der Waals surface area contributed by atoms with Crippen LogP contribution in [0.3, 0.4) is 0 Å². The third-order valence-corrected chi connectivity index (χ3v) is 4.54. The summed E-state index contributed by atoms with van der Waals surface area (Å²) >= 11 is 0. The average Bonchev–Trinajstić information content (AvgIpc) is 3.03. The number of halogens is 2. The lowest BCUT2D eigenvalue weighted by Gasteiger charge is -2.10. The van der Waals surface area contributed by atoms with E-state index < -0.39 is 17.9 Å². The predicted molar refractivity (Wildman–Crippen MR) is 97.9 cm³/mol. The highest BCUT2D eigenvalue weighted by Crippen LogP contribution is 2.25. The third kappa shape index (κ3) is 2.98. The van der Waals surface area contributed by atoms with Crippen LogP contribution in [0.25, 0.3) is 22.2 Å². The van der Waals surface area contributed by atoms with E-state index in [0.717, 1.165) is 11.1 Å². The van der Waals surface area contributed by atoms with Gasteiger partial charge in [0.15, 0.2) is 5.52 Å². The summed E-state index contributed by atoms with van der Waals surface area (Å²) in [6.45, 7) is 1.90. The van der Waals surface area contributed by atoms with Crippen LogP contribution in [-0.2, 0) is 6.54 Å². The third-order valence-electron chi connectivity index (χ3n) is 4.54. The van der Waals surface area contributed by atoms with Gasteiger partial charge in [-0.25, -0.2) is 9.78 Å². The Morgan fingerprint density at radius 2 is 1.71 bits per heavy atom. The summed E-state index contributed by atoms with van der Waals surface area (Å²) in [6, 6.07) is 13.9. The van der Waals surface area contributed by atoms with Gasteiger partial charge in [-0.2, -0.15) is 8.78 Å². The van der Waals surface area contributed by atoms with Crippen LogP contribution in [-0.4, -0.2) is 30.8 Å². The molecule has 2 aromatic heterocycles. The van der Waals surface area contributed by atoms with Crippen molar-refractivity contribution in [1.82, 2.24) is 19.7 Å². The van der Waals surface area contributed by atoms with Gasteiger partial charge in [-0.05, 0) is 29.7 Å². The van der Waals surface area contributed by atoms with Crippen LogP contribution in [0.2, 0.25) is 0 Å². The lowest BCUT2D eigenvalue weighted by atomic mass is 9.99. The highest BCUT2D eigenvalue weighted by molar-refractivity contribution is 5.96. The summed E-state index contributed by atoms with van der Waals surface area (Å²) in [5, 5.41) is 15.7. The minimum Gasteiger partial charge on any atom is -0.478 e. The van der Waals surface area contributed by atoms with Crippen LogP contribution in [0.15, 0.2) is 48.5 Å². The topological polar surface area (TPSA) is 80.9 Å². The Labute approximate surface area is 158 Å². The number of carbonyl (C=O) groups is 1. The van der Waals surface area contributed by atoms with Gasteiger partial charge in [0, 0.05) is 6.54 Å². The summed E-state index contributed by atoms with van der Waals surface area (Å²) < 4.78 is 29.4. The Kier molecular flexibility index (Phi) is 4.31. The van der Waals surface area contributed by atoms with E-state index in [1.165, 1.54) is 4.57 Å². The van der Waals surface area contributed by atoms with Crippen molar-refractivity contribution in [3.05, 3.63) is 77.4 Å². The Balaban J connectivity index is 1.71. The van der Waals surface area contributed by atoms with Gasteiger partial charge in [0.2, 0.25) is 0 Å². The van der Waals surface area contributed by atoms with E-state index in [4.69, 9.17) is 0 Å². The first-order valence-electron chi connectivity index (χ1n) is 8.42. The molecule has 0 amide bonds. The number of hydrogen-bond donors (Lipinski definition) is 1. The molecule has 8 heteroatoms. The van der Waals surface area contributed by atoms with E-state index in [1.807, 2.05) is 12.1 Å². The molecular weight excluding hydrogens is 366 g/mol. The Bertz CT molecular complexity index is 1200. The van der Waals surface area contributed by atoms with Gasteiger partial charge in [0.05, 0.1) is 5.56 Å². The number of rotatable bonds is 4. The minimum atomic E-state index is -1.00. The molecule has 0 saturated heterocycles. The van der Waals surface area contributed by atoms with Crippen LogP contribution in [0.4, 0.5) is 8.78 Å². The quantitative estimate of drug-likeness (QED) is 0.582. The largest absolute Gasteiger partial charge is 0.478 e. The zero-order valence-corrected chi connectivity index (χ0v) is 14.7. The molecule has 6 nitrogen and oxygen atoms in total. The summed E-state index contributed by atoms with van der Waals surface area (Å²) in [7, 11) is 0. The number of carboxylic acids is 1. The van der Waals surface area contributed by atoms with E-state index in [2.05, 4.69) is 15.2 Å². The molecular formula is C20H14F2N4O2. The molecule has 0 aliphatic carbocycles. The number of aromatic nitrogens is 4. The highest BCUT2D eigenvalue weighted by atomic mass is 19.1. The summed E-state index contributed by atoms with van der Waals surface area (Å²) in [6.07, 6.45) is 0. The standard InChI is InChI=1S/C20H14F2N4O2/c1-11-23-16-17(19(22)25-24-18(16)21)26(11)10-12-6-8-13(9-7-12)14-4-2-3-5-15(14)20(27)28/h2-9H,10H2,1H3,(H,27,28). The fraction of sp³-hybridized carbons (Fsp3) is 0.100. The smallest absolute Gasteiger partial charge is 0.336 e. The van der Waals surface area contributed by atoms with Gasteiger partial charge in [-0.1, -0.05) is 42.5 Å². The molecule has 0 bridgehead atoms. The SMILES string of the molecule is Cc1nc2c(F)nnc(F)c2n1Cc1ccc(-c2ccccc2C(=O)O)cc1. The van der Waals surface area contributed by atoms with Gasteiger partial charge in [0.1, 0.15) is 11.3 Å². The number of nitrogens with zero attached hydrogens (tertiary/aromatic N) is 4. The Morgan fingerprint density at radius 3 is 2.43 bits per heavy atom. The van der Waals surface area contributed by atoms with E-state index in [9.17, 15) is 18.7 Å². The van der Waals surface area contributed by atoms with Crippen molar-refractivity contribution >= 4 is 17.0 Å². The molecule has 0 unspecified atom stereocenters. The molecule has 0 aliphatic heterocycles. The minimum absolute atomic E-state index is 0.0368. The maximum Gasteiger partial charge on any atom is 0.336 e. The fourth-order valence-electron chi connectivity index (χ4n) is 3.19. The van der Waals surface area contributed by atoms with Crippen molar-refractivity contribution in [2.45, 2.75) is 13.5 Å². The van der Waals surface area contributed by atoms with Crippen molar-refractivity contribution < 1.29 is 18.7 Å². The van der Waals surface area contributed by atoms with Crippen molar-refractivity contribution in [3.63, 3.8) is 0 Å². The first kappa shape index (κ1) is 17.7. The molecule has 28 heavy (non-hydrogen) atoms. The molecule has 0 radical (unpaired) electrons. The number of benzene rings is 2. The lowest BCUT2D eigenvalue weighted by molar-refractivity contribution is 0.0697. The predicted octanol–water partition coefficient (Wildman–Crippen LogP) is 3.83. The van der Waals surface area contributed by atoms with Crippen molar-refractivity contribution in [3.8, 4) is 11.1 Å². The Hall–Kier alpha value is -3.68. The monoisotopic (exact) mass is 380 g/mol. The molecule has 0 aliphatic rings. The number of imidazole rings is 1. The lowest BCUT2D eigenvalue weighted by Crippen LogP contribution is -2.05. The van der Waals surface area contributed by atoms with E-state index in [1.54, 1.807) is 43.3 Å². The molecule has 140 valence electrons. The number of aryl methyl sites for hydroxylation is 1. The summed E-state index contributed by atoms with van der Waals surface area (Å²) in [4.78, 5) is 15.5. The second kappa shape index (κ2) is 6.80. The normalized spacial score (nSPS) is 11.1. The van der Waals surface area contributed by atoms with Gasteiger partial charge < -0.3 is 9.67 Å². The van der Waals surface area contributed by atoms with Crippen molar-refractivity contribution in [2.24, 2.45) is 0 Å². The van der Waals surface area contributed by atoms with Gasteiger partial charge >= 0.3 is 5.97 Å². The molecule has 2 aromatic carbocycles. The molecule has 1 N–H and O–H groups in total. The number of carboxylic acid groups (broad SMARTS) is 1. The highest BCUT2D eigenvalue weighted by Gasteiger charge is 2.18. The maximum absolute atomic E-state index is 14.1. The summed E-state index contributed by atoms with van der Waals surface area (Å²) in [5.41, 5.74) is 2.19. The number of aromatic carboxylic acids is 1. The average molecular weight is 380 g/mol. The molecule has 4 rings (SSSR count). The molecule has 4 aromatic rings. The second-order valence-electron chi connectivity index (χ2n) is 6.27. The number of fused-ring (bicyclic) bond motifs is 1.